The SMILES string of the molecule is CCNCc1cccnc1N1CC=CCC1. The van der Waals surface area contributed by atoms with Crippen LogP contribution in [-0.4, -0.2) is 24.6 Å². The first-order valence-electron chi connectivity index (χ1n) is 5.96. The second-order valence-electron chi connectivity index (χ2n) is 3.97. The van der Waals surface area contributed by atoms with Gasteiger partial charge in [-0.25, -0.2) is 4.98 Å². The van der Waals surface area contributed by atoms with Gasteiger partial charge in [0.05, 0.1) is 0 Å². The quantitative estimate of drug-likeness (QED) is 0.781. The van der Waals surface area contributed by atoms with Crippen molar-refractivity contribution in [3.8, 4) is 0 Å². The molecule has 0 atom stereocenters. The zero-order valence-electron chi connectivity index (χ0n) is 9.82. The van der Waals surface area contributed by atoms with Gasteiger partial charge in [-0.1, -0.05) is 25.1 Å². The minimum Gasteiger partial charge on any atom is -0.352 e. The molecule has 86 valence electrons. The zero-order valence-corrected chi connectivity index (χ0v) is 9.82. The highest BCUT2D eigenvalue weighted by Gasteiger charge is 2.12. The molecule has 0 amide bonds. The molecule has 16 heavy (non-hydrogen) atoms. The fourth-order valence-electron chi connectivity index (χ4n) is 1.95. The van der Waals surface area contributed by atoms with Crippen molar-refractivity contribution in [1.82, 2.24) is 10.3 Å². The van der Waals surface area contributed by atoms with Crippen molar-refractivity contribution in [2.24, 2.45) is 0 Å². The number of rotatable bonds is 4. The van der Waals surface area contributed by atoms with Gasteiger partial charge < -0.3 is 10.2 Å². The van der Waals surface area contributed by atoms with E-state index < -0.39 is 0 Å². The Morgan fingerprint density at radius 3 is 3.12 bits per heavy atom. The Hall–Kier alpha value is -1.35. The van der Waals surface area contributed by atoms with Gasteiger partial charge in [0.2, 0.25) is 0 Å². The van der Waals surface area contributed by atoms with E-state index in [2.05, 4.69) is 40.3 Å². The lowest BCUT2D eigenvalue weighted by molar-refractivity contribution is 0.714. The van der Waals surface area contributed by atoms with Crippen LogP contribution in [0.4, 0.5) is 5.82 Å². The van der Waals surface area contributed by atoms with Crippen LogP contribution in [0.2, 0.25) is 0 Å². The van der Waals surface area contributed by atoms with E-state index in [0.717, 1.165) is 38.4 Å². The number of nitrogens with one attached hydrogen (secondary N) is 1. The molecule has 1 aliphatic heterocycles. The summed E-state index contributed by atoms with van der Waals surface area (Å²) in [6, 6.07) is 4.17. The molecule has 0 aliphatic carbocycles. The molecule has 3 nitrogen and oxygen atoms in total. The minimum atomic E-state index is 0.903. The van der Waals surface area contributed by atoms with Crippen molar-refractivity contribution in [2.45, 2.75) is 19.9 Å². The molecule has 2 heterocycles. The number of nitrogens with zero attached hydrogens (tertiary/aromatic N) is 2. The van der Waals surface area contributed by atoms with Crippen LogP contribution in [0.25, 0.3) is 0 Å². The van der Waals surface area contributed by atoms with Crippen molar-refractivity contribution >= 4 is 5.82 Å². The van der Waals surface area contributed by atoms with Gasteiger partial charge in [-0.2, -0.15) is 0 Å². The van der Waals surface area contributed by atoms with Crippen LogP contribution >= 0.6 is 0 Å². The van der Waals surface area contributed by atoms with Crippen LogP contribution in [0.15, 0.2) is 30.5 Å². The van der Waals surface area contributed by atoms with Gasteiger partial charge in [-0.05, 0) is 19.0 Å². The lowest BCUT2D eigenvalue weighted by atomic mass is 10.2. The number of hydrogen-bond acceptors (Lipinski definition) is 3. The highest BCUT2D eigenvalue weighted by atomic mass is 15.2. The first-order chi connectivity index (χ1) is 7.92. The molecule has 0 saturated carbocycles. The third kappa shape index (κ3) is 2.61. The molecule has 0 fully saturated rings. The van der Waals surface area contributed by atoms with Gasteiger partial charge in [-0.3, -0.25) is 0 Å². The van der Waals surface area contributed by atoms with Crippen molar-refractivity contribution in [2.75, 3.05) is 24.5 Å². The highest BCUT2D eigenvalue weighted by Crippen LogP contribution is 2.19. The highest BCUT2D eigenvalue weighted by molar-refractivity contribution is 5.47. The minimum absolute atomic E-state index is 0.903. The molecule has 1 aliphatic rings. The van der Waals surface area contributed by atoms with Crippen LogP contribution in [0.1, 0.15) is 18.9 Å². The lowest BCUT2D eigenvalue weighted by Gasteiger charge is -2.26. The van der Waals surface area contributed by atoms with Gasteiger partial charge in [0.15, 0.2) is 0 Å². The topological polar surface area (TPSA) is 28.2 Å². The smallest absolute Gasteiger partial charge is 0.133 e. The Balaban J connectivity index is 2.14. The van der Waals surface area contributed by atoms with Gasteiger partial charge in [0, 0.05) is 31.4 Å². The molecule has 0 spiro atoms. The molecule has 0 bridgehead atoms. The number of aromatic nitrogens is 1. The fourth-order valence-corrected chi connectivity index (χ4v) is 1.95. The lowest BCUT2D eigenvalue weighted by Crippen LogP contribution is -2.29. The summed E-state index contributed by atoms with van der Waals surface area (Å²) in [5.74, 6) is 1.13. The van der Waals surface area contributed by atoms with Crippen LogP contribution in [0.3, 0.4) is 0 Å². The summed E-state index contributed by atoms with van der Waals surface area (Å²) in [7, 11) is 0. The summed E-state index contributed by atoms with van der Waals surface area (Å²) in [5, 5.41) is 3.36. The number of anilines is 1. The van der Waals surface area contributed by atoms with Crippen molar-refractivity contribution in [1.29, 1.82) is 0 Å². The maximum Gasteiger partial charge on any atom is 0.133 e. The van der Waals surface area contributed by atoms with E-state index in [0.29, 0.717) is 0 Å². The summed E-state index contributed by atoms with van der Waals surface area (Å²) in [5.41, 5.74) is 1.29. The van der Waals surface area contributed by atoms with E-state index in [1.165, 1.54) is 5.56 Å². The van der Waals surface area contributed by atoms with Crippen molar-refractivity contribution in [3.05, 3.63) is 36.0 Å². The molecule has 0 unspecified atom stereocenters. The van der Waals surface area contributed by atoms with Gasteiger partial charge >= 0.3 is 0 Å². The molecular weight excluding hydrogens is 198 g/mol. The summed E-state index contributed by atoms with van der Waals surface area (Å²) in [4.78, 5) is 6.85. The average Bonchev–Trinajstić information content (AvgIpc) is 2.38. The Morgan fingerprint density at radius 1 is 1.44 bits per heavy atom. The van der Waals surface area contributed by atoms with Gasteiger partial charge in [0.25, 0.3) is 0 Å². The third-order valence-electron chi connectivity index (χ3n) is 2.79. The Kier molecular flexibility index (Phi) is 3.94. The fraction of sp³-hybridized carbons (Fsp3) is 0.462. The van der Waals surface area contributed by atoms with E-state index in [1.807, 2.05) is 12.3 Å². The van der Waals surface area contributed by atoms with Crippen LogP contribution < -0.4 is 10.2 Å². The first kappa shape index (κ1) is 11.1. The van der Waals surface area contributed by atoms with Crippen LogP contribution in [-0.2, 0) is 6.54 Å². The molecule has 0 saturated heterocycles. The monoisotopic (exact) mass is 217 g/mol. The third-order valence-corrected chi connectivity index (χ3v) is 2.79. The predicted molar refractivity (Wildman–Crippen MR) is 67.6 cm³/mol. The van der Waals surface area contributed by atoms with E-state index in [9.17, 15) is 0 Å². The largest absolute Gasteiger partial charge is 0.352 e. The number of hydrogen-bond donors (Lipinski definition) is 1. The maximum atomic E-state index is 4.51. The molecule has 1 aromatic heterocycles. The molecular formula is C13H19N3. The Morgan fingerprint density at radius 2 is 2.38 bits per heavy atom. The standard InChI is InChI=1S/C13H19N3/c1-2-14-11-12-7-6-8-15-13(12)16-9-4-3-5-10-16/h3-4,6-8,14H,2,5,9-11H2,1H3. The van der Waals surface area contributed by atoms with E-state index in [4.69, 9.17) is 0 Å². The first-order valence-corrected chi connectivity index (χ1v) is 5.96. The molecule has 3 heteroatoms. The van der Waals surface area contributed by atoms with Crippen LogP contribution in [0.5, 0.6) is 0 Å². The predicted octanol–water partition coefficient (Wildman–Crippen LogP) is 1.96. The van der Waals surface area contributed by atoms with Crippen molar-refractivity contribution < 1.29 is 0 Å². The molecule has 1 aromatic rings. The normalized spacial score (nSPS) is 15.4. The van der Waals surface area contributed by atoms with E-state index >= 15 is 0 Å². The van der Waals surface area contributed by atoms with E-state index in [-0.39, 0.29) is 0 Å². The second-order valence-corrected chi connectivity index (χ2v) is 3.97. The summed E-state index contributed by atoms with van der Waals surface area (Å²) < 4.78 is 0. The Bertz CT molecular complexity index is 360. The van der Waals surface area contributed by atoms with Crippen molar-refractivity contribution in [3.63, 3.8) is 0 Å². The molecule has 2 rings (SSSR count). The number of pyridine rings is 1. The molecule has 1 N–H and O–H groups in total. The zero-order chi connectivity index (χ0) is 11.2. The van der Waals surface area contributed by atoms with Crippen LogP contribution in [0, 0.1) is 0 Å². The maximum absolute atomic E-state index is 4.51. The van der Waals surface area contributed by atoms with Gasteiger partial charge in [0.1, 0.15) is 5.82 Å². The Labute approximate surface area is 97.2 Å². The summed E-state index contributed by atoms with van der Waals surface area (Å²) in [6.07, 6.45) is 7.46. The second kappa shape index (κ2) is 5.66. The van der Waals surface area contributed by atoms with Gasteiger partial charge in [-0.15, -0.1) is 0 Å². The average molecular weight is 217 g/mol. The van der Waals surface area contributed by atoms with E-state index in [1.54, 1.807) is 0 Å². The summed E-state index contributed by atoms with van der Waals surface area (Å²) in [6.45, 7) is 6.08. The summed E-state index contributed by atoms with van der Waals surface area (Å²) >= 11 is 0. The molecule has 0 radical (unpaired) electrons. The molecule has 0 aromatic carbocycles.